The summed E-state index contributed by atoms with van der Waals surface area (Å²) in [5.74, 6) is -1.44. The molecule has 0 spiro atoms. The Balaban J connectivity index is 1.48. The molecule has 186 valence electrons. The number of hydrogen-bond donors (Lipinski definition) is 2. The number of halogens is 3. The summed E-state index contributed by atoms with van der Waals surface area (Å²) in [6.07, 6.45) is 8.67. The van der Waals surface area contributed by atoms with E-state index in [0.29, 0.717) is 43.9 Å². The third-order valence-electron chi connectivity index (χ3n) is 6.75. The molecular weight excluding hydrogens is 441 g/mol. The van der Waals surface area contributed by atoms with Crippen molar-refractivity contribution in [3.63, 3.8) is 0 Å². The number of hydrogen-bond acceptors (Lipinski definition) is 6. The predicted octanol–water partition coefficient (Wildman–Crippen LogP) is 5.67. The van der Waals surface area contributed by atoms with E-state index in [1.54, 1.807) is 12.4 Å². The summed E-state index contributed by atoms with van der Waals surface area (Å²) in [7, 11) is 0. The van der Waals surface area contributed by atoms with Crippen LogP contribution in [0.1, 0.15) is 63.9 Å². The summed E-state index contributed by atoms with van der Waals surface area (Å²) < 4.78 is 40.5. The van der Waals surface area contributed by atoms with Gasteiger partial charge >= 0.3 is 0 Å². The van der Waals surface area contributed by atoms with Gasteiger partial charge < -0.3 is 10.6 Å². The van der Waals surface area contributed by atoms with Gasteiger partial charge in [-0.25, -0.2) is 18.2 Å². The molecule has 0 bridgehead atoms. The van der Waals surface area contributed by atoms with E-state index in [2.05, 4.69) is 25.6 Å². The summed E-state index contributed by atoms with van der Waals surface area (Å²) in [6.45, 7) is 3.38. The minimum atomic E-state index is -2.54. The maximum absolute atomic E-state index is 13.7. The van der Waals surface area contributed by atoms with Gasteiger partial charge in [-0.2, -0.15) is 4.98 Å². The van der Waals surface area contributed by atoms with Crippen molar-refractivity contribution >= 4 is 11.8 Å². The van der Waals surface area contributed by atoms with Crippen LogP contribution in [-0.2, 0) is 6.54 Å². The standard InChI is InChI=1S/C25H35F3N6/c1-2-19(26)15-30-24-31-16-21(23(33-24)32-20-6-4-3-5-7-20)22-9-8-18(14-29-22)17-34-12-10-25(27,28)11-13-34/h8-9,14,16,19-20H,2-7,10-13,15,17H2,1H3,(H2,30,31,32,33). The smallest absolute Gasteiger partial charge is 0.250 e. The van der Waals surface area contributed by atoms with E-state index in [-0.39, 0.29) is 19.4 Å². The molecule has 1 saturated heterocycles. The second-order valence-corrected chi connectivity index (χ2v) is 9.51. The van der Waals surface area contributed by atoms with Crippen LogP contribution in [0.25, 0.3) is 11.3 Å². The molecule has 4 rings (SSSR count). The monoisotopic (exact) mass is 476 g/mol. The van der Waals surface area contributed by atoms with Crippen LogP contribution in [0.15, 0.2) is 24.5 Å². The molecule has 0 amide bonds. The van der Waals surface area contributed by atoms with Gasteiger partial charge in [0, 0.05) is 57.5 Å². The Bertz CT molecular complexity index is 907. The zero-order chi connectivity index (χ0) is 24.0. The second kappa shape index (κ2) is 11.3. The van der Waals surface area contributed by atoms with E-state index in [1.165, 1.54) is 19.3 Å². The maximum atomic E-state index is 13.7. The number of pyridine rings is 1. The van der Waals surface area contributed by atoms with Crippen molar-refractivity contribution in [2.24, 2.45) is 0 Å². The molecule has 1 aliphatic carbocycles. The Labute approximate surface area is 199 Å². The molecule has 2 aromatic heterocycles. The molecular formula is C25H35F3N6. The second-order valence-electron chi connectivity index (χ2n) is 9.51. The molecule has 34 heavy (non-hydrogen) atoms. The molecule has 3 heterocycles. The van der Waals surface area contributed by atoms with E-state index < -0.39 is 12.1 Å². The van der Waals surface area contributed by atoms with E-state index in [0.717, 1.165) is 29.7 Å². The highest BCUT2D eigenvalue weighted by Crippen LogP contribution is 2.30. The van der Waals surface area contributed by atoms with Gasteiger partial charge in [-0.3, -0.25) is 9.88 Å². The molecule has 2 aliphatic rings. The Morgan fingerprint density at radius 3 is 2.53 bits per heavy atom. The van der Waals surface area contributed by atoms with E-state index in [4.69, 9.17) is 0 Å². The van der Waals surface area contributed by atoms with Crippen LogP contribution in [0.5, 0.6) is 0 Å². The fraction of sp³-hybridized carbons (Fsp3) is 0.640. The molecule has 1 aliphatic heterocycles. The van der Waals surface area contributed by atoms with Gasteiger partial charge in [-0.15, -0.1) is 0 Å². The first-order chi connectivity index (χ1) is 16.4. The van der Waals surface area contributed by atoms with Gasteiger partial charge in [0.05, 0.1) is 11.3 Å². The van der Waals surface area contributed by atoms with Crippen molar-refractivity contribution in [2.45, 2.75) is 83.0 Å². The Morgan fingerprint density at radius 2 is 1.85 bits per heavy atom. The first kappa shape index (κ1) is 24.7. The topological polar surface area (TPSA) is 66.0 Å². The number of nitrogens with one attached hydrogen (secondary N) is 2. The maximum Gasteiger partial charge on any atom is 0.250 e. The minimum Gasteiger partial charge on any atom is -0.367 e. The first-order valence-corrected chi connectivity index (χ1v) is 12.5. The summed E-state index contributed by atoms with van der Waals surface area (Å²) in [6, 6.07) is 4.26. The third kappa shape index (κ3) is 6.81. The zero-order valence-corrected chi connectivity index (χ0v) is 19.9. The van der Waals surface area contributed by atoms with Crippen LogP contribution >= 0.6 is 0 Å². The number of alkyl halides is 3. The molecule has 1 atom stereocenters. The zero-order valence-electron chi connectivity index (χ0n) is 19.9. The van der Waals surface area contributed by atoms with Crippen molar-refractivity contribution < 1.29 is 13.2 Å². The highest BCUT2D eigenvalue weighted by Gasteiger charge is 2.33. The lowest BCUT2D eigenvalue weighted by Crippen LogP contribution is -2.38. The average molecular weight is 477 g/mol. The fourth-order valence-electron chi connectivity index (χ4n) is 4.52. The Hall–Kier alpha value is -2.42. The van der Waals surface area contributed by atoms with Gasteiger partial charge in [0.1, 0.15) is 12.0 Å². The minimum absolute atomic E-state index is 0.0894. The molecule has 0 radical (unpaired) electrons. The van der Waals surface area contributed by atoms with Crippen LogP contribution in [0.3, 0.4) is 0 Å². The summed E-state index contributed by atoms with van der Waals surface area (Å²) in [4.78, 5) is 15.7. The van der Waals surface area contributed by atoms with Gasteiger partial charge in [-0.05, 0) is 30.9 Å². The molecule has 1 saturated carbocycles. The van der Waals surface area contributed by atoms with Gasteiger partial charge in [0.25, 0.3) is 5.92 Å². The van der Waals surface area contributed by atoms with Gasteiger partial charge in [0.2, 0.25) is 5.95 Å². The lowest BCUT2D eigenvalue weighted by atomic mass is 9.95. The van der Waals surface area contributed by atoms with Crippen molar-refractivity contribution in [2.75, 3.05) is 30.3 Å². The Morgan fingerprint density at radius 1 is 1.09 bits per heavy atom. The summed E-state index contributed by atoms with van der Waals surface area (Å²) in [5, 5.41) is 6.57. The number of rotatable bonds is 9. The number of anilines is 2. The predicted molar refractivity (Wildman–Crippen MR) is 129 cm³/mol. The number of piperidine rings is 1. The highest BCUT2D eigenvalue weighted by molar-refractivity contribution is 5.73. The molecule has 0 aromatic carbocycles. The largest absolute Gasteiger partial charge is 0.367 e. The van der Waals surface area contributed by atoms with Crippen LogP contribution < -0.4 is 10.6 Å². The molecule has 2 N–H and O–H groups in total. The van der Waals surface area contributed by atoms with Crippen LogP contribution in [0.2, 0.25) is 0 Å². The van der Waals surface area contributed by atoms with Gasteiger partial charge in [-0.1, -0.05) is 32.3 Å². The number of nitrogens with zero attached hydrogens (tertiary/aromatic N) is 4. The Kier molecular flexibility index (Phi) is 8.24. The number of likely N-dealkylation sites (tertiary alicyclic amines) is 1. The highest BCUT2D eigenvalue weighted by atomic mass is 19.3. The van der Waals surface area contributed by atoms with Crippen molar-refractivity contribution in [3.8, 4) is 11.3 Å². The average Bonchev–Trinajstić information content (AvgIpc) is 2.85. The number of aromatic nitrogens is 3. The van der Waals surface area contributed by atoms with Crippen molar-refractivity contribution in [1.29, 1.82) is 0 Å². The molecule has 2 fully saturated rings. The van der Waals surface area contributed by atoms with E-state index in [9.17, 15) is 13.2 Å². The van der Waals surface area contributed by atoms with Crippen LogP contribution in [0, 0.1) is 0 Å². The van der Waals surface area contributed by atoms with E-state index >= 15 is 0 Å². The summed E-state index contributed by atoms with van der Waals surface area (Å²) >= 11 is 0. The summed E-state index contributed by atoms with van der Waals surface area (Å²) in [5.41, 5.74) is 2.53. The van der Waals surface area contributed by atoms with Crippen molar-refractivity contribution in [3.05, 3.63) is 30.1 Å². The lowest BCUT2D eigenvalue weighted by molar-refractivity contribution is -0.0566. The fourth-order valence-corrected chi connectivity index (χ4v) is 4.52. The van der Waals surface area contributed by atoms with E-state index in [1.807, 2.05) is 24.0 Å². The normalized spacial score (nSPS) is 20.1. The lowest BCUT2D eigenvalue weighted by Gasteiger charge is -2.31. The third-order valence-corrected chi connectivity index (χ3v) is 6.75. The van der Waals surface area contributed by atoms with Crippen LogP contribution in [-0.4, -0.2) is 57.6 Å². The molecule has 9 heteroatoms. The first-order valence-electron chi connectivity index (χ1n) is 12.5. The molecule has 1 unspecified atom stereocenters. The van der Waals surface area contributed by atoms with Gasteiger partial charge in [0.15, 0.2) is 0 Å². The molecule has 6 nitrogen and oxygen atoms in total. The molecule has 2 aromatic rings. The quantitative estimate of drug-likeness (QED) is 0.486. The van der Waals surface area contributed by atoms with Crippen molar-refractivity contribution in [1.82, 2.24) is 19.9 Å². The van der Waals surface area contributed by atoms with Crippen LogP contribution in [0.4, 0.5) is 24.9 Å². The SMILES string of the molecule is CCC(F)CNc1ncc(-c2ccc(CN3CCC(F)(F)CC3)cn2)c(NC2CCCCC2)n1.